The summed E-state index contributed by atoms with van der Waals surface area (Å²) in [7, 11) is 0. The molecule has 2 aromatic carbocycles. The SMILES string of the molecule is Oc1cc(O)c2c(c1)O[C@H](c1ccc(O)c(O)c1)[C@@H](O)C2.S. The number of benzene rings is 2. The number of rotatable bonds is 1. The van der Waals surface area contributed by atoms with Crippen LogP contribution in [0, 0.1) is 0 Å². The molecular weight excluding hydrogens is 308 g/mol. The van der Waals surface area contributed by atoms with E-state index >= 15 is 0 Å². The summed E-state index contributed by atoms with van der Waals surface area (Å²) >= 11 is 0. The third kappa shape index (κ3) is 2.72. The molecule has 6 nitrogen and oxygen atoms in total. The predicted molar refractivity (Wildman–Crippen MR) is 83.0 cm³/mol. The van der Waals surface area contributed by atoms with E-state index in [1.165, 1.54) is 30.3 Å². The molecule has 0 unspecified atom stereocenters. The van der Waals surface area contributed by atoms with E-state index in [4.69, 9.17) is 4.74 Å². The largest absolute Gasteiger partial charge is 0.508 e. The van der Waals surface area contributed by atoms with Gasteiger partial charge in [-0.2, -0.15) is 13.5 Å². The van der Waals surface area contributed by atoms with Crippen molar-refractivity contribution >= 4 is 13.5 Å². The van der Waals surface area contributed by atoms with Gasteiger partial charge in [0.15, 0.2) is 11.5 Å². The minimum atomic E-state index is -0.933. The molecule has 2 atom stereocenters. The predicted octanol–water partition coefficient (Wildman–Crippen LogP) is 1.66. The molecule has 0 aliphatic carbocycles. The van der Waals surface area contributed by atoms with Crippen LogP contribution in [0.2, 0.25) is 0 Å². The van der Waals surface area contributed by atoms with Gasteiger partial charge in [0.25, 0.3) is 0 Å². The van der Waals surface area contributed by atoms with Crippen LogP contribution in [0.25, 0.3) is 0 Å². The van der Waals surface area contributed by atoms with E-state index < -0.39 is 12.2 Å². The van der Waals surface area contributed by atoms with E-state index in [9.17, 15) is 25.5 Å². The van der Waals surface area contributed by atoms with Crippen LogP contribution in [0.15, 0.2) is 30.3 Å². The first kappa shape index (κ1) is 16.1. The molecular formula is C15H16O6S. The fourth-order valence-corrected chi connectivity index (χ4v) is 2.47. The molecule has 0 amide bonds. The number of aromatic hydroxyl groups is 4. The summed E-state index contributed by atoms with van der Waals surface area (Å²) in [5.41, 5.74) is 0.894. The van der Waals surface area contributed by atoms with E-state index in [1.54, 1.807) is 0 Å². The van der Waals surface area contributed by atoms with Gasteiger partial charge in [-0.3, -0.25) is 0 Å². The summed E-state index contributed by atoms with van der Waals surface area (Å²) in [4.78, 5) is 0. The maximum atomic E-state index is 10.2. The van der Waals surface area contributed by atoms with Gasteiger partial charge in [0.1, 0.15) is 23.4 Å². The quantitative estimate of drug-likeness (QED) is 0.510. The smallest absolute Gasteiger partial charge is 0.157 e. The Labute approximate surface area is 133 Å². The monoisotopic (exact) mass is 324 g/mol. The molecule has 0 saturated carbocycles. The highest BCUT2D eigenvalue weighted by atomic mass is 32.1. The Kier molecular flexibility index (Phi) is 4.30. The van der Waals surface area contributed by atoms with Crippen molar-refractivity contribution in [3.8, 4) is 28.7 Å². The first-order chi connectivity index (χ1) is 9.95. The standard InChI is InChI=1S/C15H14O6.H2S/c16-8-4-11(18)9-6-13(20)15(21-14(9)5-8)7-1-2-10(17)12(19)3-7;/h1-5,13,15-20H,6H2;1H2/t13-,15+;/m0./s1. The zero-order chi connectivity index (χ0) is 15.1. The fraction of sp³-hybridized carbons (Fsp3) is 0.200. The van der Waals surface area contributed by atoms with Crippen molar-refractivity contribution in [2.45, 2.75) is 18.6 Å². The van der Waals surface area contributed by atoms with E-state index in [0.717, 1.165) is 0 Å². The molecule has 7 heteroatoms. The van der Waals surface area contributed by atoms with Crippen LogP contribution >= 0.6 is 13.5 Å². The third-order valence-electron chi connectivity index (χ3n) is 3.51. The highest BCUT2D eigenvalue weighted by Gasteiger charge is 2.32. The summed E-state index contributed by atoms with van der Waals surface area (Å²) in [6, 6.07) is 6.67. The Morgan fingerprint density at radius 1 is 0.909 bits per heavy atom. The Balaban J connectivity index is 0.00000176. The highest BCUT2D eigenvalue weighted by molar-refractivity contribution is 7.59. The zero-order valence-electron chi connectivity index (χ0n) is 11.4. The average Bonchev–Trinajstić information content (AvgIpc) is 2.42. The summed E-state index contributed by atoms with van der Waals surface area (Å²) in [6.07, 6.45) is -1.56. The molecule has 0 bridgehead atoms. The number of aliphatic hydroxyl groups excluding tert-OH is 1. The maximum absolute atomic E-state index is 10.2. The van der Waals surface area contributed by atoms with Gasteiger partial charge in [0, 0.05) is 24.1 Å². The third-order valence-corrected chi connectivity index (χ3v) is 3.51. The number of hydrogen-bond donors (Lipinski definition) is 5. The van der Waals surface area contributed by atoms with Gasteiger partial charge in [0.2, 0.25) is 0 Å². The summed E-state index contributed by atoms with van der Waals surface area (Å²) in [6.45, 7) is 0. The molecule has 2 aromatic rings. The Bertz CT molecular complexity index is 703. The first-order valence-electron chi connectivity index (χ1n) is 6.37. The summed E-state index contributed by atoms with van der Waals surface area (Å²) < 4.78 is 5.62. The summed E-state index contributed by atoms with van der Waals surface area (Å²) in [5.74, 6) is -0.589. The van der Waals surface area contributed by atoms with Crippen LogP contribution in [0.4, 0.5) is 0 Å². The molecule has 0 spiro atoms. The molecule has 3 rings (SSSR count). The molecule has 0 saturated heterocycles. The number of phenols is 4. The van der Waals surface area contributed by atoms with E-state index in [0.29, 0.717) is 11.1 Å². The van der Waals surface area contributed by atoms with Gasteiger partial charge < -0.3 is 30.3 Å². The maximum Gasteiger partial charge on any atom is 0.157 e. The molecule has 0 radical (unpaired) electrons. The van der Waals surface area contributed by atoms with E-state index in [1.807, 2.05) is 0 Å². The molecule has 1 aliphatic heterocycles. The van der Waals surface area contributed by atoms with Crippen molar-refractivity contribution in [1.29, 1.82) is 0 Å². The highest BCUT2D eigenvalue weighted by Crippen LogP contribution is 2.42. The van der Waals surface area contributed by atoms with Crippen LogP contribution in [0.3, 0.4) is 0 Å². The Morgan fingerprint density at radius 3 is 2.32 bits per heavy atom. The van der Waals surface area contributed by atoms with Crippen LogP contribution in [-0.4, -0.2) is 31.6 Å². The van der Waals surface area contributed by atoms with Crippen molar-refractivity contribution in [2.75, 3.05) is 0 Å². The zero-order valence-corrected chi connectivity index (χ0v) is 12.4. The number of fused-ring (bicyclic) bond motifs is 1. The van der Waals surface area contributed by atoms with Crippen LogP contribution in [-0.2, 0) is 6.42 Å². The van der Waals surface area contributed by atoms with Gasteiger partial charge in [-0.25, -0.2) is 0 Å². The van der Waals surface area contributed by atoms with Gasteiger partial charge in [-0.1, -0.05) is 6.07 Å². The van der Waals surface area contributed by atoms with E-state index in [-0.39, 0.29) is 48.7 Å². The van der Waals surface area contributed by atoms with Crippen LogP contribution in [0.1, 0.15) is 17.2 Å². The minimum Gasteiger partial charge on any atom is -0.508 e. The van der Waals surface area contributed by atoms with Crippen LogP contribution < -0.4 is 4.74 Å². The van der Waals surface area contributed by atoms with Gasteiger partial charge in [0.05, 0.1) is 6.10 Å². The van der Waals surface area contributed by atoms with Crippen molar-refractivity contribution in [3.05, 3.63) is 41.5 Å². The lowest BCUT2D eigenvalue weighted by Gasteiger charge is -2.31. The summed E-state index contributed by atoms with van der Waals surface area (Å²) in [5, 5.41) is 48.3. The average molecular weight is 324 g/mol. The minimum absolute atomic E-state index is 0. The van der Waals surface area contributed by atoms with Crippen molar-refractivity contribution in [2.24, 2.45) is 0 Å². The number of phenolic OH excluding ortho intramolecular Hbond substituents is 4. The second-order valence-corrected chi connectivity index (χ2v) is 5.00. The lowest BCUT2D eigenvalue weighted by atomic mass is 9.94. The van der Waals surface area contributed by atoms with Gasteiger partial charge >= 0.3 is 0 Å². The van der Waals surface area contributed by atoms with Crippen molar-refractivity contribution in [3.63, 3.8) is 0 Å². The van der Waals surface area contributed by atoms with Crippen molar-refractivity contribution in [1.82, 2.24) is 0 Å². The van der Waals surface area contributed by atoms with Gasteiger partial charge in [-0.05, 0) is 17.7 Å². The topological polar surface area (TPSA) is 110 Å². The Hall–Kier alpha value is -2.25. The van der Waals surface area contributed by atoms with Crippen molar-refractivity contribution < 1.29 is 30.3 Å². The fourth-order valence-electron chi connectivity index (χ4n) is 2.47. The molecule has 0 aromatic heterocycles. The Morgan fingerprint density at radius 2 is 1.64 bits per heavy atom. The molecule has 5 N–H and O–H groups in total. The van der Waals surface area contributed by atoms with Gasteiger partial charge in [-0.15, -0.1) is 0 Å². The second-order valence-electron chi connectivity index (χ2n) is 5.00. The molecule has 0 fully saturated rings. The van der Waals surface area contributed by atoms with Crippen LogP contribution in [0.5, 0.6) is 28.7 Å². The molecule has 22 heavy (non-hydrogen) atoms. The number of ether oxygens (including phenoxy) is 1. The second kappa shape index (κ2) is 5.86. The normalized spacial score (nSPS) is 19.7. The molecule has 118 valence electrons. The molecule has 1 aliphatic rings. The first-order valence-corrected chi connectivity index (χ1v) is 6.37. The van der Waals surface area contributed by atoms with E-state index in [2.05, 4.69) is 0 Å². The lowest BCUT2D eigenvalue weighted by Crippen LogP contribution is -2.30. The molecule has 1 heterocycles. The number of aliphatic hydroxyl groups is 1. The lowest BCUT2D eigenvalue weighted by molar-refractivity contribution is 0.0197. The number of hydrogen-bond acceptors (Lipinski definition) is 6.